The zero-order valence-corrected chi connectivity index (χ0v) is 41.4. The number of esters is 3. The number of carbonyl (C=O) groups excluding carboxylic acids is 3. The molecule has 62 heavy (non-hydrogen) atoms. The molecule has 6 heteroatoms. The fourth-order valence-corrected chi connectivity index (χ4v) is 7.80. The third kappa shape index (κ3) is 48.7. The zero-order chi connectivity index (χ0) is 45.1. The van der Waals surface area contributed by atoms with Crippen LogP contribution in [0.1, 0.15) is 284 Å². The highest BCUT2D eigenvalue weighted by molar-refractivity contribution is 5.71. The van der Waals surface area contributed by atoms with Gasteiger partial charge in [0.25, 0.3) is 0 Å². The first-order valence-electron chi connectivity index (χ1n) is 27.0. The molecule has 0 saturated carbocycles. The summed E-state index contributed by atoms with van der Waals surface area (Å²) in [5, 5.41) is 0. The highest BCUT2D eigenvalue weighted by atomic mass is 16.6. The van der Waals surface area contributed by atoms with Crippen LogP contribution in [0.3, 0.4) is 0 Å². The van der Waals surface area contributed by atoms with Crippen LogP contribution < -0.4 is 0 Å². The van der Waals surface area contributed by atoms with Gasteiger partial charge in [-0.15, -0.1) is 0 Å². The molecular formula is C56H102O6. The molecule has 0 radical (unpaired) electrons. The minimum atomic E-state index is -0.760. The number of hydrogen-bond donors (Lipinski definition) is 0. The summed E-state index contributed by atoms with van der Waals surface area (Å²) >= 11 is 0. The van der Waals surface area contributed by atoms with Gasteiger partial charge < -0.3 is 14.2 Å². The van der Waals surface area contributed by atoms with E-state index in [4.69, 9.17) is 14.2 Å². The first-order valence-corrected chi connectivity index (χ1v) is 27.0. The van der Waals surface area contributed by atoms with Gasteiger partial charge in [-0.3, -0.25) is 14.4 Å². The minimum Gasteiger partial charge on any atom is -0.462 e. The lowest BCUT2D eigenvalue weighted by Crippen LogP contribution is -2.30. The summed E-state index contributed by atoms with van der Waals surface area (Å²) in [7, 11) is 0. The van der Waals surface area contributed by atoms with E-state index in [9.17, 15) is 14.4 Å². The van der Waals surface area contributed by atoms with Gasteiger partial charge in [0.1, 0.15) is 13.2 Å². The average Bonchev–Trinajstić information content (AvgIpc) is 3.27. The van der Waals surface area contributed by atoms with Gasteiger partial charge in [0.2, 0.25) is 0 Å². The second-order valence-corrected chi connectivity index (χ2v) is 18.2. The summed E-state index contributed by atoms with van der Waals surface area (Å²) < 4.78 is 16.5. The van der Waals surface area contributed by atoms with Crippen molar-refractivity contribution in [3.05, 3.63) is 36.5 Å². The van der Waals surface area contributed by atoms with Crippen molar-refractivity contribution in [2.45, 2.75) is 290 Å². The summed E-state index contributed by atoms with van der Waals surface area (Å²) in [5.74, 6) is -0.886. The Kier molecular flexibility index (Phi) is 49.3. The van der Waals surface area contributed by atoms with Crippen LogP contribution in [0.25, 0.3) is 0 Å². The predicted molar refractivity (Wildman–Crippen MR) is 266 cm³/mol. The molecule has 0 aliphatic carbocycles. The van der Waals surface area contributed by atoms with Crippen molar-refractivity contribution in [3.8, 4) is 0 Å². The molecule has 0 N–H and O–H groups in total. The van der Waals surface area contributed by atoms with E-state index in [2.05, 4.69) is 57.2 Å². The highest BCUT2D eigenvalue weighted by Gasteiger charge is 2.19. The molecule has 0 aromatic rings. The number of ether oxygens (including phenoxy) is 3. The molecule has 0 amide bonds. The lowest BCUT2D eigenvalue weighted by molar-refractivity contribution is -0.167. The molecule has 0 aliphatic rings. The topological polar surface area (TPSA) is 78.9 Å². The van der Waals surface area contributed by atoms with Crippen molar-refractivity contribution in [1.82, 2.24) is 0 Å². The largest absolute Gasteiger partial charge is 0.462 e. The van der Waals surface area contributed by atoms with E-state index < -0.39 is 6.10 Å². The number of hydrogen-bond acceptors (Lipinski definition) is 6. The van der Waals surface area contributed by atoms with Gasteiger partial charge in [-0.2, -0.15) is 0 Å². The van der Waals surface area contributed by atoms with Crippen LogP contribution in [0.2, 0.25) is 0 Å². The lowest BCUT2D eigenvalue weighted by Gasteiger charge is -2.18. The first kappa shape index (κ1) is 59.6. The molecule has 0 aromatic heterocycles. The Morgan fingerprint density at radius 2 is 0.581 bits per heavy atom. The quantitative estimate of drug-likeness (QED) is 0.0262. The molecule has 362 valence electrons. The lowest BCUT2D eigenvalue weighted by atomic mass is 10.0. The van der Waals surface area contributed by atoms with Gasteiger partial charge in [-0.25, -0.2) is 0 Å². The van der Waals surface area contributed by atoms with Crippen LogP contribution in [0.15, 0.2) is 36.5 Å². The Balaban J connectivity index is 3.75. The minimum absolute atomic E-state index is 0.0690. The van der Waals surface area contributed by atoms with Crippen LogP contribution in [0.5, 0.6) is 0 Å². The van der Waals surface area contributed by atoms with Crippen molar-refractivity contribution >= 4 is 17.9 Å². The van der Waals surface area contributed by atoms with Crippen molar-refractivity contribution in [2.75, 3.05) is 13.2 Å². The molecule has 0 aliphatic heterocycles. The predicted octanol–water partition coefficient (Wildman–Crippen LogP) is 17.7. The maximum Gasteiger partial charge on any atom is 0.306 e. The van der Waals surface area contributed by atoms with Gasteiger partial charge in [-0.05, 0) is 57.8 Å². The highest BCUT2D eigenvalue weighted by Crippen LogP contribution is 2.16. The normalized spacial score (nSPS) is 12.2. The number of unbranched alkanes of at least 4 members (excludes halogenated alkanes) is 32. The smallest absolute Gasteiger partial charge is 0.306 e. The summed E-state index contributed by atoms with van der Waals surface area (Å²) in [6.45, 7) is 6.49. The molecule has 0 heterocycles. The molecule has 6 nitrogen and oxygen atoms in total. The van der Waals surface area contributed by atoms with E-state index in [1.54, 1.807) is 0 Å². The third-order valence-electron chi connectivity index (χ3n) is 11.9. The SMILES string of the molecule is CCCCCCC/C=C\C/C=C\C/C=C\CCCCCCCCCCCCCCCCCCCCC(=O)OCC(COC(=O)CCCCCCC)OC(=O)CCCCCCCC. The molecule has 1 unspecified atom stereocenters. The fraction of sp³-hybridized carbons (Fsp3) is 0.839. The second-order valence-electron chi connectivity index (χ2n) is 18.2. The monoisotopic (exact) mass is 871 g/mol. The fourth-order valence-electron chi connectivity index (χ4n) is 7.80. The Morgan fingerprint density at radius 1 is 0.323 bits per heavy atom. The molecule has 0 fully saturated rings. The number of allylic oxidation sites excluding steroid dienone is 6. The maximum atomic E-state index is 12.5. The summed E-state index contributed by atoms with van der Waals surface area (Å²) in [4.78, 5) is 37.3. The van der Waals surface area contributed by atoms with Crippen LogP contribution in [-0.4, -0.2) is 37.2 Å². The maximum absolute atomic E-state index is 12.5. The van der Waals surface area contributed by atoms with E-state index >= 15 is 0 Å². The zero-order valence-electron chi connectivity index (χ0n) is 41.4. The molecule has 1 atom stereocenters. The molecule has 0 rings (SSSR count). The molecular weight excluding hydrogens is 769 g/mol. The van der Waals surface area contributed by atoms with Gasteiger partial charge in [0.05, 0.1) is 0 Å². The first-order chi connectivity index (χ1) is 30.5. The molecule has 0 spiro atoms. The molecule has 0 aromatic carbocycles. The summed E-state index contributed by atoms with van der Waals surface area (Å²) in [6.07, 6.45) is 60.9. The summed E-state index contributed by atoms with van der Waals surface area (Å²) in [6, 6.07) is 0. The van der Waals surface area contributed by atoms with Crippen molar-refractivity contribution < 1.29 is 28.6 Å². The number of rotatable bonds is 49. The van der Waals surface area contributed by atoms with Crippen LogP contribution in [0.4, 0.5) is 0 Å². The Bertz CT molecular complexity index is 1050. The van der Waals surface area contributed by atoms with Gasteiger partial charge in [-0.1, -0.05) is 243 Å². The molecule has 0 bridgehead atoms. The van der Waals surface area contributed by atoms with Crippen molar-refractivity contribution in [1.29, 1.82) is 0 Å². The van der Waals surface area contributed by atoms with E-state index in [0.29, 0.717) is 19.3 Å². The Hall–Kier alpha value is -2.37. The Morgan fingerprint density at radius 3 is 0.903 bits per heavy atom. The van der Waals surface area contributed by atoms with E-state index in [0.717, 1.165) is 77.0 Å². The van der Waals surface area contributed by atoms with E-state index in [-0.39, 0.29) is 31.1 Å². The van der Waals surface area contributed by atoms with Gasteiger partial charge in [0, 0.05) is 19.3 Å². The van der Waals surface area contributed by atoms with Gasteiger partial charge >= 0.3 is 17.9 Å². The van der Waals surface area contributed by atoms with E-state index in [1.165, 1.54) is 167 Å². The van der Waals surface area contributed by atoms with Crippen LogP contribution >= 0.6 is 0 Å². The van der Waals surface area contributed by atoms with Crippen LogP contribution in [0, 0.1) is 0 Å². The standard InChI is InChI=1S/C56H102O6/c1-4-7-10-13-15-16-17-18-19-20-21-22-23-24-25-26-27-28-29-30-31-32-33-34-35-36-37-38-39-40-41-44-46-49-55(58)61-52-53(51-60-54(57)48-45-42-12-9-6-3)62-56(59)50-47-43-14-11-8-5-2/h17-18,20-21,23-24,53H,4-16,19,22,25-52H2,1-3H3/b18-17-,21-20-,24-23-. The van der Waals surface area contributed by atoms with Gasteiger partial charge in [0.15, 0.2) is 6.10 Å². The second kappa shape index (κ2) is 51.3. The van der Waals surface area contributed by atoms with Crippen LogP contribution in [-0.2, 0) is 28.6 Å². The number of carbonyl (C=O) groups is 3. The van der Waals surface area contributed by atoms with Crippen molar-refractivity contribution in [3.63, 3.8) is 0 Å². The average molecular weight is 871 g/mol. The summed E-state index contributed by atoms with van der Waals surface area (Å²) in [5.41, 5.74) is 0. The Labute approximate surface area is 385 Å². The third-order valence-corrected chi connectivity index (χ3v) is 11.9. The van der Waals surface area contributed by atoms with E-state index in [1.807, 2.05) is 0 Å². The van der Waals surface area contributed by atoms with Crippen molar-refractivity contribution in [2.24, 2.45) is 0 Å². The molecule has 0 saturated heterocycles.